The molecule has 0 radical (unpaired) electrons. The number of nitrogens with zero attached hydrogens (tertiary/aromatic N) is 2. The fourth-order valence-electron chi connectivity index (χ4n) is 1.80. The Morgan fingerprint density at radius 2 is 2.38 bits per heavy atom. The number of hydrogen-bond donors (Lipinski definition) is 2. The number of carboxylic acids is 1. The van der Waals surface area contributed by atoms with Gasteiger partial charge in [-0.15, -0.1) is 0 Å². The predicted molar refractivity (Wildman–Crippen MR) is 60.1 cm³/mol. The number of hydrogen-bond acceptors (Lipinski definition) is 3. The van der Waals surface area contributed by atoms with Crippen LogP contribution in [0.3, 0.4) is 0 Å². The number of carboxylic acid groups (broad SMARTS) is 1. The molecule has 2 heterocycles. The summed E-state index contributed by atoms with van der Waals surface area (Å²) in [6, 6.07) is 2.00. The van der Waals surface area contributed by atoms with E-state index in [1.165, 1.54) is 6.20 Å². The van der Waals surface area contributed by atoms with E-state index >= 15 is 0 Å². The molecular weight excluding hydrogens is 226 g/mol. The molecule has 2 aromatic rings. The normalized spacial score (nSPS) is 15.5. The molecule has 5 nitrogen and oxygen atoms in total. The minimum atomic E-state index is -0.979. The van der Waals surface area contributed by atoms with Gasteiger partial charge in [-0.05, 0) is 31.1 Å². The maximum Gasteiger partial charge on any atom is 0.337 e. The topological polar surface area (TPSA) is 70.9 Å². The zero-order chi connectivity index (χ0) is 11.3. The Bertz CT molecular complexity index is 639. The van der Waals surface area contributed by atoms with Gasteiger partial charge in [0.15, 0.2) is 10.4 Å². The zero-order valence-electron chi connectivity index (χ0n) is 8.30. The van der Waals surface area contributed by atoms with Crippen LogP contribution in [-0.4, -0.2) is 25.6 Å². The van der Waals surface area contributed by atoms with E-state index < -0.39 is 5.97 Å². The van der Waals surface area contributed by atoms with Gasteiger partial charge in [0.25, 0.3) is 0 Å². The molecule has 0 aromatic carbocycles. The molecular formula is C10H9N3O2S. The summed E-state index contributed by atoms with van der Waals surface area (Å²) in [5, 5.41) is 8.86. The smallest absolute Gasteiger partial charge is 0.337 e. The van der Waals surface area contributed by atoms with E-state index in [9.17, 15) is 4.79 Å². The summed E-state index contributed by atoms with van der Waals surface area (Å²) < 4.78 is 2.59. The van der Waals surface area contributed by atoms with Crippen molar-refractivity contribution < 1.29 is 9.90 Å². The lowest BCUT2D eigenvalue weighted by Crippen LogP contribution is -1.99. The van der Waals surface area contributed by atoms with Crippen molar-refractivity contribution >= 4 is 29.4 Å². The van der Waals surface area contributed by atoms with Crippen LogP contribution in [0.5, 0.6) is 0 Å². The molecule has 0 aliphatic heterocycles. The van der Waals surface area contributed by atoms with Crippen LogP contribution >= 0.6 is 12.2 Å². The lowest BCUT2D eigenvalue weighted by Gasteiger charge is -1.99. The van der Waals surface area contributed by atoms with Crippen molar-refractivity contribution in [2.24, 2.45) is 0 Å². The van der Waals surface area contributed by atoms with Crippen LogP contribution in [0.25, 0.3) is 11.2 Å². The number of fused-ring (bicyclic) bond motifs is 1. The van der Waals surface area contributed by atoms with Crippen molar-refractivity contribution in [1.29, 1.82) is 0 Å². The molecule has 2 aromatic heterocycles. The second kappa shape index (κ2) is 3.15. The molecule has 0 saturated heterocycles. The first-order chi connectivity index (χ1) is 7.66. The van der Waals surface area contributed by atoms with Crippen LogP contribution in [0.2, 0.25) is 0 Å². The Morgan fingerprint density at radius 1 is 1.62 bits per heavy atom. The fraction of sp³-hybridized carbons (Fsp3) is 0.300. The average molecular weight is 235 g/mol. The van der Waals surface area contributed by atoms with Gasteiger partial charge in [-0.25, -0.2) is 9.78 Å². The quantitative estimate of drug-likeness (QED) is 0.782. The Balaban J connectivity index is 2.27. The summed E-state index contributed by atoms with van der Waals surface area (Å²) in [4.78, 5) is 18.0. The first kappa shape index (κ1) is 9.53. The van der Waals surface area contributed by atoms with E-state index in [0.717, 1.165) is 18.5 Å². The zero-order valence-corrected chi connectivity index (χ0v) is 9.12. The minimum absolute atomic E-state index is 0.173. The van der Waals surface area contributed by atoms with Gasteiger partial charge in [0.05, 0.1) is 11.1 Å². The largest absolute Gasteiger partial charge is 0.478 e. The van der Waals surface area contributed by atoms with E-state index in [0.29, 0.717) is 16.3 Å². The van der Waals surface area contributed by atoms with Gasteiger partial charge >= 0.3 is 5.97 Å². The molecule has 6 heteroatoms. The Hall–Kier alpha value is -1.69. The lowest BCUT2D eigenvalue weighted by molar-refractivity contribution is 0.0696. The summed E-state index contributed by atoms with van der Waals surface area (Å²) in [6.07, 6.45) is 3.60. The first-order valence-electron chi connectivity index (χ1n) is 5.00. The Morgan fingerprint density at radius 3 is 3.00 bits per heavy atom. The highest BCUT2D eigenvalue weighted by Gasteiger charge is 2.26. The van der Waals surface area contributed by atoms with Gasteiger partial charge in [-0.2, -0.15) is 0 Å². The van der Waals surface area contributed by atoms with Gasteiger partial charge in [-0.1, -0.05) is 0 Å². The summed E-state index contributed by atoms with van der Waals surface area (Å²) in [5.41, 5.74) is 1.61. The van der Waals surface area contributed by atoms with E-state index in [-0.39, 0.29) is 5.56 Å². The third-order valence-corrected chi connectivity index (χ3v) is 3.01. The molecule has 82 valence electrons. The van der Waals surface area contributed by atoms with Gasteiger partial charge in [0.2, 0.25) is 0 Å². The molecule has 2 N–H and O–H groups in total. The van der Waals surface area contributed by atoms with Crippen LogP contribution in [0.1, 0.15) is 29.2 Å². The highest BCUT2D eigenvalue weighted by atomic mass is 32.1. The third kappa shape index (κ3) is 1.34. The molecule has 0 unspecified atom stereocenters. The van der Waals surface area contributed by atoms with E-state index in [1.54, 1.807) is 6.07 Å². The number of pyridine rings is 1. The van der Waals surface area contributed by atoms with Gasteiger partial charge in [0, 0.05) is 12.2 Å². The SMILES string of the molecule is O=C(O)c1cnc2c(c1)[nH]c(=S)n2C1CC1. The second-order valence-corrected chi connectivity index (χ2v) is 4.32. The van der Waals surface area contributed by atoms with E-state index in [4.69, 9.17) is 17.3 Å². The molecule has 0 atom stereocenters. The highest BCUT2D eigenvalue weighted by Crippen LogP contribution is 2.37. The number of rotatable bonds is 2. The minimum Gasteiger partial charge on any atom is -0.478 e. The Labute approximate surface area is 95.7 Å². The lowest BCUT2D eigenvalue weighted by atomic mass is 10.3. The molecule has 1 fully saturated rings. The number of nitrogens with one attached hydrogen (secondary N) is 1. The van der Waals surface area contributed by atoms with Gasteiger partial charge in [-0.3, -0.25) is 4.57 Å². The van der Waals surface area contributed by atoms with Crippen molar-refractivity contribution in [3.8, 4) is 0 Å². The van der Waals surface area contributed by atoms with E-state index in [2.05, 4.69) is 9.97 Å². The molecule has 1 aliphatic rings. The van der Waals surface area contributed by atoms with Crippen molar-refractivity contribution in [2.75, 3.05) is 0 Å². The molecule has 1 saturated carbocycles. The fourth-order valence-corrected chi connectivity index (χ4v) is 2.15. The Kier molecular flexibility index (Phi) is 1.88. The third-order valence-electron chi connectivity index (χ3n) is 2.71. The summed E-state index contributed by atoms with van der Waals surface area (Å²) in [7, 11) is 0. The van der Waals surface area contributed by atoms with Crippen molar-refractivity contribution in [3.05, 3.63) is 22.6 Å². The number of aromatic amines is 1. The van der Waals surface area contributed by atoms with Crippen LogP contribution in [0.4, 0.5) is 0 Å². The molecule has 3 rings (SSSR count). The van der Waals surface area contributed by atoms with Crippen molar-refractivity contribution in [3.63, 3.8) is 0 Å². The number of aromatic nitrogens is 3. The number of imidazole rings is 1. The molecule has 0 spiro atoms. The standard InChI is InChI=1S/C10H9N3O2S/c14-9(15)5-3-7-8(11-4-5)13(6-1-2-6)10(16)12-7/h3-4,6H,1-2H2,(H,12,16)(H,14,15). The van der Waals surface area contributed by atoms with Crippen LogP contribution < -0.4 is 0 Å². The van der Waals surface area contributed by atoms with Crippen LogP contribution in [-0.2, 0) is 0 Å². The highest BCUT2D eigenvalue weighted by molar-refractivity contribution is 7.71. The maximum absolute atomic E-state index is 10.8. The van der Waals surface area contributed by atoms with E-state index in [1.807, 2.05) is 4.57 Å². The average Bonchev–Trinajstić information content (AvgIpc) is 3.00. The van der Waals surface area contributed by atoms with Crippen molar-refractivity contribution in [2.45, 2.75) is 18.9 Å². The molecule has 0 amide bonds. The van der Waals surface area contributed by atoms with Gasteiger partial charge < -0.3 is 10.1 Å². The number of aromatic carboxylic acids is 1. The molecule has 1 aliphatic carbocycles. The summed E-state index contributed by atoms with van der Waals surface area (Å²) >= 11 is 5.20. The molecule has 0 bridgehead atoms. The first-order valence-corrected chi connectivity index (χ1v) is 5.41. The number of carbonyl (C=O) groups is 1. The van der Waals surface area contributed by atoms with Crippen LogP contribution in [0, 0.1) is 4.77 Å². The van der Waals surface area contributed by atoms with Crippen LogP contribution in [0.15, 0.2) is 12.3 Å². The van der Waals surface area contributed by atoms with Crippen molar-refractivity contribution in [1.82, 2.24) is 14.5 Å². The summed E-state index contributed by atoms with van der Waals surface area (Å²) in [6.45, 7) is 0. The maximum atomic E-state index is 10.8. The van der Waals surface area contributed by atoms with Gasteiger partial charge in [0.1, 0.15) is 0 Å². The monoisotopic (exact) mass is 235 g/mol. The number of H-pyrrole nitrogens is 1. The predicted octanol–water partition coefficient (Wildman–Crippen LogP) is 2.13. The summed E-state index contributed by atoms with van der Waals surface area (Å²) in [5.74, 6) is -0.979. The molecule has 16 heavy (non-hydrogen) atoms. The second-order valence-electron chi connectivity index (χ2n) is 3.93.